The molecule has 3 rings (SSSR count). The number of hydrogen-bond donors (Lipinski definition) is 1. The zero-order valence-corrected chi connectivity index (χ0v) is 15.1. The summed E-state index contributed by atoms with van der Waals surface area (Å²) in [4.78, 5) is 0. The van der Waals surface area contributed by atoms with Crippen molar-refractivity contribution in [2.75, 3.05) is 0 Å². The third-order valence-electron chi connectivity index (χ3n) is 4.23. The van der Waals surface area contributed by atoms with Gasteiger partial charge in [0.25, 0.3) is 0 Å². The zero-order chi connectivity index (χ0) is 14.3. The summed E-state index contributed by atoms with van der Waals surface area (Å²) in [6.07, 6.45) is 14.2. The van der Waals surface area contributed by atoms with E-state index < -0.39 is 5.60 Å². The van der Waals surface area contributed by atoms with Gasteiger partial charge in [-0.25, -0.2) is 0 Å². The summed E-state index contributed by atoms with van der Waals surface area (Å²) in [5, 5.41) is 11.2. The maximum absolute atomic E-state index is 11.2. The number of terminal acetylenes is 1. The molecule has 1 N–H and O–H groups in total. The maximum atomic E-state index is 11.2. The molecule has 1 aromatic carbocycles. The fourth-order valence-corrected chi connectivity index (χ4v) is 4.28. The van der Waals surface area contributed by atoms with Crippen LogP contribution < -0.4 is 0 Å². The van der Waals surface area contributed by atoms with Crippen LogP contribution in [0.2, 0.25) is 0 Å². The number of benzene rings is 1. The van der Waals surface area contributed by atoms with Crippen molar-refractivity contribution >= 4 is 45.2 Å². The molecule has 0 aromatic heterocycles. The highest BCUT2D eigenvalue weighted by Crippen LogP contribution is 2.45. The van der Waals surface area contributed by atoms with E-state index >= 15 is 0 Å². The Labute approximate surface area is 146 Å². The molecule has 3 unspecified atom stereocenters. The molecule has 3 atom stereocenters. The minimum Gasteiger partial charge on any atom is -0.373 e. The van der Waals surface area contributed by atoms with Crippen molar-refractivity contribution < 1.29 is 5.11 Å². The molecule has 20 heavy (non-hydrogen) atoms. The SMILES string of the molecule is C#CC1(O)c2cc(I)ccc2CCC2C=CC(I)=CC21. The minimum atomic E-state index is -1.21. The molecule has 1 aromatic rings. The Morgan fingerprint density at radius 1 is 1.35 bits per heavy atom. The number of aliphatic hydroxyl groups is 1. The van der Waals surface area contributed by atoms with Crippen LogP contribution in [0.25, 0.3) is 0 Å². The van der Waals surface area contributed by atoms with Crippen molar-refractivity contribution in [2.45, 2.75) is 18.4 Å². The van der Waals surface area contributed by atoms with E-state index in [1.54, 1.807) is 0 Å². The smallest absolute Gasteiger partial charge is 0.157 e. The lowest BCUT2D eigenvalue weighted by Crippen LogP contribution is -2.37. The van der Waals surface area contributed by atoms with Crippen LogP contribution in [0.15, 0.2) is 40.0 Å². The molecule has 3 heteroatoms. The molecular weight excluding hydrogens is 474 g/mol. The van der Waals surface area contributed by atoms with Gasteiger partial charge in [0.15, 0.2) is 5.60 Å². The molecule has 1 nitrogen and oxygen atoms in total. The van der Waals surface area contributed by atoms with Gasteiger partial charge in [-0.2, -0.15) is 0 Å². The number of allylic oxidation sites excluding steroid dienone is 3. The first kappa shape index (κ1) is 14.6. The third kappa shape index (κ3) is 2.36. The van der Waals surface area contributed by atoms with Crippen LogP contribution >= 0.6 is 45.2 Å². The number of fused-ring (bicyclic) bond motifs is 2. The largest absolute Gasteiger partial charge is 0.373 e. The van der Waals surface area contributed by atoms with Gasteiger partial charge in [-0.15, -0.1) is 6.42 Å². The average molecular weight is 488 g/mol. The molecule has 0 spiro atoms. The van der Waals surface area contributed by atoms with E-state index in [-0.39, 0.29) is 5.92 Å². The zero-order valence-electron chi connectivity index (χ0n) is 10.8. The Morgan fingerprint density at radius 2 is 2.15 bits per heavy atom. The van der Waals surface area contributed by atoms with Crippen LogP contribution in [-0.4, -0.2) is 5.11 Å². The first-order chi connectivity index (χ1) is 9.54. The van der Waals surface area contributed by atoms with Gasteiger partial charge in [-0.3, -0.25) is 0 Å². The number of halogens is 2. The van der Waals surface area contributed by atoms with Crippen LogP contribution in [0.3, 0.4) is 0 Å². The second-order valence-electron chi connectivity index (χ2n) is 5.35. The summed E-state index contributed by atoms with van der Waals surface area (Å²) in [5.74, 6) is 2.96. The summed E-state index contributed by atoms with van der Waals surface area (Å²) >= 11 is 4.56. The molecule has 2 aliphatic rings. The fourth-order valence-electron chi connectivity index (χ4n) is 3.19. The lowest BCUT2D eigenvalue weighted by Gasteiger charge is -2.35. The summed E-state index contributed by atoms with van der Waals surface area (Å²) < 4.78 is 2.25. The van der Waals surface area contributed by atoms with Crippen molar-refractivity contribution in [3.05, 3.63) is 54.7 Å². The van der Waals surface area contributed by atoms with Gasteiger partial charge < -0.3 is 5.11 Å². The molecule has 0 fully saturated rings. The summed E-state index contributed by atoms with van der Waals surface area (Å²) in [7, 11) is 0. The van der Waals surface area contributed by atoms with Crippen molar-refractivity contribution in [3.63, 3.8) is 0 Å². The molecule has 0 saturated carbocycles. The Hall–Kier alpha value is -0.320. The number of aryl methyl sites for hydroxylation is 1. The van der Waals surface area contributed by atoms with Crippen LogP contribution in [0.4, 0.5) is 0 Å². The monoisotopic (exact) mass is 488 g/mol. The van der Waals surface area contributed by atoms with E-state index in [9.17, 15) is 5.11 Å². The quantitative estimate of drug-likeness (QED) is 0.430. The topological polar surface area (TPSA) is 20.2 Å². The van der Waals surface area contributed by atoms with Gasteiger partial charge in [-0.1, -0.05) is 30.2 Å². The van der Waals surface area contributed by atoms with Crippen LogP contribution in [-0.2, 0) is 12.0 Å². The van der Waals surface area contributed by atoms with E-state index in [1.807, 2.05) is 6.07 Å². The van der Waals surface area contributed by atoms with Gasteiger partial charge in [0.05, 0.1) is 0 Å². The normalized spacial score (nSPS) is 31.6. The fraction of sp³-hybridized carbons (Fsp3) is 0.294. The van der Waals surface area contributed by atoms with Crippen molar-refractivity contribution in [2.24, 2.45) is 11.8 Å². The molecule has 0 heterocycles. The van der Waals surface area contributed by atoms with Gasteiger partial charge in [0.1, 0.15) is 0 Å². The predicted octanol–water partition coefficient (Wildman–Crippen LogP) is 4.18. The van der Waals surface area contributed by atoms with E-state index in [1.165, 1.54) is 5.56 Å². The Balaban J connectivity index is 2.21. The first-order valence-electron chi connectivity index (χ1n) is 6.59. The highest BCUT2D eigenvalue weighted by atomic mass is 127. The molecule has 0 aliphatic heterocycles. The maximum Gasteiger partial charge on any atom is 0.157 e. The average Bonchev–Trinajstić information content (AvgIpc) is 2.56. The molecule has 0 amide bonds. The van der Waals surface area contributed by atoms with Crippen LogP contribution in [0.1, 0.15) is 17.5 Å². The summed E-state index contributed by atoms with van der Waals surface area (Å²) in [6.45, 7) is 0. The highest BCUT2D eigenvalue weighted by Gasteiger charge is 2.43. The number of rotatable bonds is 0. The van der Waals surface area contributed by atoms with Gasteiger partial charge in [0, 0.05) is 18.6 Å². The number of hydrogen-bond acceptors (Lipinski definition) is 1. The van der Waals surface area contributed by atoms with E-state index in [4.69, 9.17) is 6.42 Å². The summed E-state index contributed by atoms with van der Waals surface area (Å²) in [6, 6.07) is 6.23. The first-order valence-corrected chi connectivity index (χ1v) is 8.75. The Bertz CT molecular complexity index is 653. The summed E-state index contributed by atoms with van der Waals surface area (Å²) in [5.41, 5.74) is 0.881. The van der Waals surface area contributed by atoms with E-state index in [0.717, 1.165) is 25.6 Å². The van der Waals surface area contributed by atoms with Gasteiger partial charge in [-0.05, 0) is 81.6 Å². The Kier molecular flexibility index (Phi) is 3.99. The van der Waals surface area contributed by atoms with Gasteiger partial charge in [0.2, 0.25) is 0 Å². The van der Waals surface area contributed by atoms with Crippen molar-refractivity contribution in [3.8, 4) is 12.3 Å². The molecule has 0 radical (unpaired) electrons. The molecule has 2 aliphatic carbocycles. The molecule has 102 valence electrons. The molecule has 0 saturated heterocycles. The standard InChI is InChI=1S/C17H14I2O/c1-2-17(20)15-9-13(18)7-5-11(15)3-4-12-6-8-14(19)10-16(12)17/h1,5-11,15,20H,3-4H2. The minimum absolute atomic E-state index is 0.0381. The van der Waals surface area contributed by atoms with Crippen LogP contribution in [0.5, 0.6) is 0 Å². The van der Waals surface area contributed by atoms with Gasteiger partial charge >= 0.3 is 0 Å². The van der Waals surface area contributed by atoms with Crippen molar-refractivity contribution in [1.29, 1.82) is 0 Å². The predicted molar refractivity (Wildman–Crippen MR) is 98.4 cm³/mol. The molecular formula is C17H14I2O. The Morgan fingerprint density at radius 3 is 2.90 bits per heavy atom. The van der Waals surface area contributed by atoms with E-state index in [0.29, 0.717) is 5.92 Å². The van der Waals surface area contributed by atoms with Crippen LogP contribution in [0, 0.1) is 27.7 Å². The lowest BCUT2D eigenvalue weighted by atomic mass is 9.73. The molecule has 0 bridgehead atoms. The van der Waals surface area contributed by atoms with Crippen molar-refractivity contribution in [1.82, 2.24) is 0 Å². The second-order valence-corrected chi connectivity index (χ2v) is 7.84. The highest BCUT2D eigenvalue weighted by molar-refractivity contribution is 14.1. The lowest BCUT2D eigenvalue weighted by molar-refractivity contribution is 0.0388. The third-order valence-corrected chi connectivity index (χ3v) is 5.62. The second kappa shape index (κ2) is 5.47. The van der Waals surface area contributed by atoms with E-state index in [2.05, 4.69) is 81.5 Å².